The summed E-state index contributed by atoms with van der Waals surface area (Å²) in [7, 11) is 0. The van der Waals surface area contributed by atoms with E-state index in [1.807, 2.05) is 25.1 Å². The molecular formula is C26H20Cl2N2O5. The number of hydrogen-bond donors (Lipinski definition) is 1. The van der Waals surface area contributed by atoms with Crippen molar-refractivity contribution in [3.05, 3.63) is 81.3 Å². The maximum Gasteiger partial charge on any atom is 0.266 e. The van der Waals surface area contributed by atoms with Crippen LogP contribution in [0.2, 0.25) is 10.0 Å². The maximum atomic E-state index is 12.6. The number of nitriles is 1. The van der Waals surface area contributed by atoms with Crippen LogP contribution < -0.4 is 24.3 Å². The Kier molecular flexibility index (Phi) is 7.66. The molecule has 4 rings (SSSR count). The lowest BCUT2D eigenvalue weighted by Gasteiger charge is -2.12. The molecule has 1 aliphatic heterocycles. The smallest absolute Gasteiger partial charge is 0.266 e. The molecule has 1 aliphatic rings. The number of rotatable bonds is 8. The van der Waals surface area contributed by atoms with E-state index in [1.165, 1.54) is 6.08 Å². The van der Waals surface area contributed by atoms with E-state index in [0.717, 1.165) is 5.56 Å². The highest BCUT2D eigenvalue weighted by atomic mass is 35.5. The first-order valence-corrected chi connectivity index (χ1v) is 11.4. The zero-order valence-electron chi connectivity index (χ0n) is 18.6. The van der Waals surface area contributed by atoms with Gasteiger partial charge in [0.2, 0.25) is 6.79 Å². The third-order valence-corrected chi connectivity index (χ3v) is 5.50. The minimum atomic E-state index is -0.563. The van der Waals surface area contributed by atoms with Gasteiger partial charge in [0.25, 0.3) is 5.91 Å². The molecule has 9 heteroatoms. The highest BCUT2D eigenvalue weighted by molar-refractivity contribution is 6.37. The molecule has 0 atom stereocenters. The minimum absolute atomic E-state index is 0.111. The van der Waals surface area contributed by atoms with Crippen LogP contribution in [0.25, 0.3) is 6.08 Å². The van der Waals surface area contributed by atoms with Gasteiger partial charge in [0.15, 0.2) is 17.2 Å². The van der Waals surface area contributed by atoms with Crippen molar-refractivity contribution in [2.75, 3.05) is 18.7 Å². The largest absolute Gasteiger partial charge is 0.494 e. The fourth-order valence-electron chi connectivity index (χ4n) is 3.30. The summed E-state index contributed by atoms with van der Waals surface area (Å²) in [6.45, 7) is 2.82. The van der Waals surface area contributed by atoms with Crippen molar-refractivity contribution in [3.63, 3.8) is 0 Å². The highest BCUT2D eigenvalue weighted by Crippen LogP contribution is 2.37. The lowest BCUT2D eigenvalue weighted by molar-refractivity contribution is -0.112. The average Bonchev–Trinajstić information content (AvgIpc) is 3.31. The van der Waals surface area contributed by atoms with E-state index >= 15 is 0 Å². The summed E-state index contributed by atoms with van der Waals surface area (Å²) in [6.07, 6.45) is 1.41. The quantitative estimate of drug-likeness (QED) is 0.284. The molecule has 0 spiro atoms. The highest BCUT2D eigenvalue weighted by Gasteiger charge is 2.16. The Morgan fingerprint density at radius 1 is 1.06 bits per heavy atom. The Labute approximate surface area is 212 Å². The van der Waals surface area contributed by atoms with Crippen molar-refractivity contribution in [2.45, 2.75) is 13.5 Å². The number of halogens is 2. The van der Waals surface area contributed by atoms with Crippen molar-refractivity contribution < 1.29 is 23.7 Å². The Hall–Kier alpha value is -3.86. The molecule has 3 aromatic rings. The number of benzene rings is 3. The van der Waals surface area contributed by atoms with Crippen LogP contribution in [0.15, 0.2) is 60.2 Å². The maximum absolute atomic E-state index is 12.6. The van der Waals surface area contributed by atoms with Gasteiger partial charge < -0.3 is 24.3 Å². The second-order valence-electron chi connectivity index (χ2n) is 7.37. The van der Waals surface area contributed by atoms with Crippen molar-refractivity contribution in [1.82, 2.24) is 0 Å². The van der Waals surface area contributed by atoms with Gasteiger partial charge in [-0.3, -0.25) is 4.79 Å². The summed E-state index contributed by atoms with van der Waals surface area (Å²) in [4.78, 5) is 12.6. The predicted molar refractivity (Wildman–Crippen MR) is 133 cm³/mol. The van der Waals surface area contributed by atoms with Crippen molar-refractivity contribution >= 4 is 40.9 Å². The molecule has 0 saturated carbocycles. The lowest BCUT2D eigenvalue weighted by atomic mass is 10.1. The summed E-state index contributed by atoms with van der Waals surface area (Å²) in [6, 6.07) is 17.4. The summed E-state index contributed by atoms with van der Waals surface area (Å²) < 4.78 is 21.9. The number of nitrogens with zero attached hydrogens (tertiary/aromatic N) is 1. The SMILES string of the molecule is CCOc1ccc(NC(=O)/C(C#N)=C\c2cc(Cl)c(OCc3ccc4c(c3)OCO4)c(Cl)c2)cc1. The van der Waals surface area contributed by atoms with Crippen LogP contribution in [-0.4, -0.2) is 19.3 Å². The first-order valence-electron chi connectivity index (χ1n) is 10.6. The molecule has 0 aromatic heterocycles. The molecule has 0 saturated heterocycles. The zero-order chi connectivity index (χ0) is 24.8. The molecule has 0 bridgehead atoms. The van der Waals surface area contributed by atoms with E-state index in [9.17, 15) is 10.1 Å². The van der Waals surface area contributed by atoms with Crippen LogP contribution in [0.5, 0.6) is 23.0 Å². The summed E-state index contributed by atoms with van der Waals surface area (Å²) in [5.74, 6) is 1.75. The molecule has 7 nitrogen and oxygen atoms in total. The molecule has 1 N–H and O–H groups in total. The molecular weight excluding hydrogens is 491 g/mol. The van der Waals surface area contributed by atoms with Crippen LogP contribution >= 0.6 is 23.2 Å². The number of anilines is 1. The second kappa shape index (κ2) is 11.0. The first-order chi connectivity index (χ1) is 17.0. The Balaban J connectivity index is 1.45. The number of carbonyl (C=O) groups excluding carboxylic acids is 1. The van der Waals surface area contributed by atoms with Crippen LogP contribution in [-0.2, 0) is 11.4 Å². The fraction of sp³-hybridized carbons (Fsp3) is 0.154. The third kappa shape index (κ3) is 5.99. The number of fused-ring (bicyclic) bond motifs is 1. The molecule has 0 radical (unpaired) electrons. The molecule has 35 heavy (non-hydrogen) atoms. The summed E-state index contributed by atoms with van der Waals surface area (Å²) >= 11 is 12.8. The normalized spacial score (nSPS) is 12.1. The van der Waals surface area contributed by atoms with Crippen LogP contribution in [0.1, 0.15) is 18.1 Å². The number of amides is 1. The van der Waals surface area contributed by atoms with E-state index in [1.54, 1.807) is 42.5 Å². The summed E-state index contributed by atoms with van der Waals surface area (Å²) in [5.41, 5.74) is 1.75. The van der Waals surface area contributed by atoms with Gasteiger partial charge in [-0.1, -0.05) is 29.3 Å². The van der Waals surface area contributed by atoms with E-state index < -0.39 is 5.91 Å². The third-order valence-electron chi connectivity index (χ3n) is 4.94. The van der Waals surface area contributed by atoms with E-state index in [0.29, 0.717) is 40.9 Å². The van der Waals surface area contributed by atoms with Gasteiger partial charge in [-0.15, -0.1) is 0 Å². The van der Waals surface area contributed by atoms with Crippen molar-refractivity contribution in [1.29, 1.82) is 5.26 Å². The Bertz CT molecular complexity index is 1290. The van der Waals surface area contributed by atoms with Gasteiger partial charge in [-0.25, -0.2) is 0 Å². The van der Waals surface area contributed by atoms with E-state index in [-0.39, 0.29) is 29.0 Å². The van der Waals surface area contributed by atoms with Crippen LogP contribution in [0, 0.1) is 11.3 Å². The van der Waals surface area contributed by atoms with E-state index in [2.05, 4.69) is 5.32 Å². The van der Waals surface area contributed by atoms with Gasteiger partial charge in [-0.05, 0) is 72.7 Å². The molecule has 1 heterocycles. The molecule has 0 unspecified atom stereocenters. The Morgan fingerprint density at radius 2 is 1.77 bits per heavy atom. The number of carbonyl (C=O) groups is 1. The Morgan fingerprint density at radius 3 is 2.46 bits per heavy atom. The monoisotopic (exact) mass is 510 g/mol. The molecule has 3 aromatic carbocycles. The topological polar surface area (TPSA) is 89.8 Å². The molecule has 0 fully saturated rings. The van der Waals surface area contributed by atoms with Gasteiger partial charge in [0, 0.05) is 5.69 Å². The zero-order valence-corrected chi connectivity index (χ0v) is 20.2. The summed E-state index contributed by atoms with van der Waals surface area (Å²) in [5, 5.41) is 12.7. The molecule has 1 amide bonds. The number of ether oxygens (including phenoxy) is 4. The molecule has 0 aliphatic carbocycles. The van der Waals surface area contributed by atoms with Gasteiger partial charge in [0.05, 0.1) is 16.7 Å². The van der Waals surface area contributed by atoms with Gasteiger partial charge in [-0.2, -0.15) is 5.26 Å². The number of nitrogens with one attached hydrogen (secondary N) is 1. The molecule has 178 valence electrons. The standard InChI is InChI=1S/C26H20Cl2N2O5/c1-2-32-20-6-4-19(5-7-20)30-26(31)18(13-29)9-17-10-21(27)25(22(28)11-17)33-14-16-3-8-23-24(12-16)35-15-34-23/h3-12H,2,14-15H2,1H3,(H,30,31)/b18-9-. The van der Waals surface area contributed by atoms with Gasteiger partial charge >= 0.3 is 0 Å². The van der Waals surface area contributed by atoms with E-state index in [4.69, 9.17) is 42.1 Å². The van der Waals surface area contributed by atoms with Crippen molar-refractivity contribution in [3.8, 4) is 29.1 Å². The predicted octanol–water partition coefficient (Wildman–Crippen LogP) is 6.25. The van der Waals surface area contributed by atoms with Crippen molar-refractivity contribution in [2.24, 2.45) is 0 Å². The fourth-order valence-corrected chi connectivity index (χ4v) is 3.91. The van der Waals surface area contributed by atoms with Crippen LogP contribution in [0.3, 0.4) is 0 Å². The first kappa shape index (κ1) is 24.3. The number of hydrogen-bond acceptors (Lipinski definition) is 6. The lowest BCUT2D eigenvalue weighted by Crippen LogP contribution is -2.13. The minimum Gasteiger partial charge on any atom is -0.494 e. The van der Waals surface area contributed by atoms with Gasteiger partial charge in [0.1, 0.15) is 24.0 Å². The average molecular weight is 511 g/mol. The van der Waals surface area contributed by atoms with Crippen LogP contribution in [0.4, 0.5) is 5.69 Å². The second-order valence-corrected chi connectivity index (χ2v) is 8.19.